The number of hydrogen-bond acceptors (Lipinski definition) is 4. The van der Waals surface area contributed by atoms with Gasteiger partial charge in [0.25, 0.3) is 0 Å². The molecule has 4 rings (SSSR count). The summed E-state index contributed by atoms with van der Waals surface area (Å²) in [7, 11) is 0. The van der Waals surface area contributed by atoms with E-state index >= 15 is 0 Å². The molecule has 0 radical (unpaired) electrons. The van der Waals surface area contributed by atoms with Crippen molar-refractivity contribution in [2.75, 3.05) is 5.32 Å². The van der Waals surface area contributed by atoms with Crippen LogP contribution < -0.4 is 5.32 Å². The molecule has 0 fully saturated rings. The largest absolute Gasteiger partial charge is 0.310 e. The van der Waals surface area contributed by atoms with Crippen molar-refractivity contribution in [2.24, 2.45) is 0 Å². The minimum Gasteiger partial charge on any atom is -0.310 e. The number of amides is 1. The fourth-order valence-electron chi connectivity index (χ4n) is 3.28. The lowest BCUT2D eigenvalue weighted by Gasteiger charge is -2.22. The number of rotatable bonds is 3. The molecule has 2 aromatic heterocycles. The third-order valence-electron chi connectivity index (χ3n) is 4.47. The van der Waals surface area contributed by atoms with Crippen molar-refractivity contribution in [3.8, 4) is 5.69 Å². The maximum absolute atomic E-state index is 13.1. The van der Waals surface area contributed by atoms with Crippen LogP contribution in [0.4, 0.5) is 5.82 Å². The van der Waals surface area contributed by atoms with E-state index in [0.29, 0.717) is 10.7 Å². The highest BCUT2D eigenvalue weighted by Crippen LogP contribution is 2.39. The summed E-state index contributed by atoms with van der Waals surface area (Å²) in [4.78, 5) is 27.1. The van der Waals surface area contributed by atoms with Crippen LogP contribution in [0.15, 0.2) is 40.9 Å². The third-order valence-corrected chi connectivity index (χ3v) is 6.02. The molecule has 1 N–H and O–H groups in total. The van der Waals surface area contributed by atoms with E-state index in [9.17, 15) is 9.59 Å². The zero-order valence-electron chi connectivity index (χ0n) is 14.2. The first-order chi connectivity index (χ1) is 12.4. The number of carbonyl (C=O) groups is 2. The van der Waals surface area contributed by atoms with Crippen LogP contribution in [-0.4, -0.2) is 21.5 Å². The van der Waals surface area contributed by atoms with Crippen LogP contribution in [-0.2, 0) is 4.79 Å². The minimum atomic E-state index is -0.499. The zero-order chi connectivity index (χ0) is 18.4. The molecule has 0 aliphatic carbocycles. The summed E-state index contributed by atoms with van der Waals surface area (Å²) < 4.78 is 2.66. The Bertz CT molecular complexity index is 1020. The summed E-state index contributed by atoms with van der Waals surface area (Å²) in [6.07, 6.45) is 0.148. The topological polar surface area (TPSA) is 64.0 Å². The van der Waals surface area contributed by atoms with Crippen LogP contribution in [0.25, 0.3) is 5.69 Å². The van der Waals surface area contributed by atoms with Gasteiger partial charge in [0, 0.05) is 21.3 Å². The molecular formula is C19H16BrN3O2S. The van der Waals surface area contributed by atoms with Crippen molar-refractivity contribution < 1.29 is 9.59 Å². The number of aryl methyl sites for hydroxylation is 2. The first-order valence-corrected chi connectivity index (χ1v) is 9.81. The van der Waals surface area contributed by atoms with E-state index in [1.54, 1.807) is 4.68 Å². The van der Waals surface area contributed by atoms with Gasteiger partial charge >= 0.3 is 0 Å². The number of nitrogens with zero attached hydrogens (tertiary/aromatic N) is 2. The Morgan fingerprint density at radius 3 is 2.62 bits per heavy atom. The van der Waals surface area contributed by atoms with Crippen molar-refractivity contribution >= 4 is 44.8 Å². The van der Waals surface area contributed by atoms with E-state index in [1.165, 1.54) is 11.3 Å². The Kier molecular flexibility index (Phi) is 4.28. The molecule has 0 spiro atoms. The zero-order valence-corrected chi connectivity index (χ0v) is 16.6. The second-order valence-electron chi connectivity index (χ2n) is 6.32. The first-order valence-electron chi connectivity index (χ1n) is 8.20. The molecule has 26 heavy (non-hydrogen) atoms. The average molecular weight is 430 g/mol. The summed E-state index contributed by atoms with van der Waals surface area (Å²) in [5, 5.41) is 7.50. The fourth-order valence-corrected chi connectivity index (χ4v) is 4.41. The van der Waals surface area contributed by atoms with Crippen LogP contribution in [0.3, 0.4) is 0 Å². The highest BCUT2D eigenvalue weighted by atomic mass is 79.9. The van der Waals surface area contributed by atoms with Gasteiger partial charge in [-0.15, -0.1) is 11.3 Å². The SMILES string of the molecule is Cc1ccc(C(=O)[C@H]2CC(=O)Nc3c2c(C)nn3-c2ccc(Br)cc2)s1. The van der Waals surface area contributed by atoms with Gasteiger partial charge in [-0.3, -0.25) is 9.59 Å². The quantitative estimate of drug-likeness (QED) is 0.617. The van der Waals surface area contributed by atoms with Gasteiger partial charge < -0.3 is 5.32 Å². The van der Waals surface area contributed by atoms with E-state index in [0.717, 1.165) is 26.3 Å². The number of ketones is 1. The smallest absolute Gasteiger partial charge is 0.226 e. The van der Waals surface area contributed by atoms with Gasteiger partial charge in [-0.25, -0.2) is 4.68 Å². The Balaban J connectivity index is 1.82. The van der Waals surface area contributed by atoms with Crippen LogP contribution in [0.5, 0.6) is 0 Å². The van der Waals surface area contributed by atoms with Crippen molar-refractivity contribution in [3.05, 3.63) is 61.9 Å². The molecule has 1 atom stereocenters. The lowest BCUT2D eigenvalue weighted by Crippen LogP contribution is -2.28. The van der Waals surface area contributed by atoms with Gasteiger partial charge in [0.1, 0.15) is 5.82 Å². The molecule has 3 heterocycles. The number of aromatic nitrogens is 2. The normalized spacial score (nSPS) is 16.3. The van der Waals surface area contributed by atoms with Crippen molar-refractivity contribution in [3.63, 3.8) is 0 Å². The van der Waals surface area contributed by atoms with Crippen LogP contribution >= 0.6 is 27.3 Å². The lowest BCUT2D eigenvalue weighted by molar-refractivity contribution is -0.116. The Morgan fingerprint density at radius 1 is 1.23 bits per heavy atom. The molecule has 132 valence electrons. The molecule has 5 nitrogen and oxygen atoms in total. The number of anilines is 1. The lowest BCUT2D eigenvalue weighted by atomic mass is 9.87. The van der Waals surface area contributed by atoms with Gasteiger partial charge in [-0.05, 0) is 50.2 Å². The van der Waals surface area contributed by atoms with E-state index < -0.39 is 5.92 Å². The molecule has 1 aliphatic rings. The molecule has 0 saturated carbocycles. The first kappa shape index (κ1) is 17.2. The van der Waals surface area contributed by atoms with Crippen LogP contribution in [0.2, 0.25) is 0 Å². The summed E-state index contributed by atoms with van der Waals surface area (Å²) in [6, 6.07) is 11.4. The van der Waals surface area contributed by atoms with E-state index in [-0.39, 0.29) is 18.1 Å². The van der Waals surface area contributed by atoms with Crippen molar-refractivity contribution in [1.29, 1.82) is 0 Å². The van der Waals surface area contributed by atoms with Crippen molar-refractivity contribution in [1.82, 2.24) is 9.78 Å². The minimum absolute atomic E-state index is 0.0161. The second-order valence-corrected chi connectivity index (χ2v) is 8.52. The average Bonchev–Trinajstić information content (AvgIpc) is 3.18. The Labute approximate surface area is 163 Å². The van der Waals surface area contributed by atoms with Gasteiger partial charge in [-0.2, -0.15) is 5.10 Å². The van der Waals surface area contributed by atoms with Gasteiger partial charge in [-0.1, -0.05) is 15.9 Å². The maximum Gasteiger partial charge on any atom is 0.226 e. The molecule has 0 saturated heterocycles. The Morgan fingerprint density at radius 2 is 1.96 bits per heavy atom. The number of carbonyl (C=O) groups excluding carboxylic acids is 2. The Hall–Kier alpha value is -2.25. The van der Waals surface area contributed by atoms with E-state index in [2.05, 4.69) is 26.3 Å². The molecule has 0 bridgehead atoms. The van der Waals surface area contributed by atoms with Gasteiger partial charge in [0.2, 0.25) is 5.91 Å². The van der Waals surface area contributed by atoms with Crippen LogP contribution in [0, 0.1) is 13.8 Å². The van der Waals surface area contributed by atoms with Gasteiger partial charge in [0.15, 0.2) is 5.78 Å². The van der Waals surface area contributed by atoms with Crippen molar-refractivity contribution in [2.45, 2.75) is 26.2 Å². The molecule has 3 aromatic rings. The summed E-state index contributed by atoms with van der Waals surface area (Å²) in [5.74, 6) is -0.0891. The fraction of sp³-hybridized carbons (Fsp3) is 0.211. The number of hydrogen-bond donors (Lipinski definition) is 1. The molecule has 1 amide bonds. The number of fused-ring (bicyclic) bond motifs is 1. The predicted octanol–water partition coefficient (Wildman–Crippen LogP) is 4.62. The second kappa shape index (κ2) is 6.48. The highest BCUT2D eigenvalue weighted by molar-refractivity contribution is 9.10. The maximum atomic E-state index is 13.1. The predicted molar refractivity (Wildman–Crippen MR) is 105 cm³/mol. The van der Waals surface area contributed by atoms with E-state index in [1.807, 2.05) is 50.2 Å². The number of nitrogens with one attached hydrogen (secondary N) is 1. The third kappa shape index (κ3) is 2.91. The molecular weight excluding hydrogens is 414 g/mol. The molecule has 7 heteroatoms. The number of Topliss-reactive ketones (excluding diaryl/α,β-unsaturated/α-hetero) is 1. The molecule has 1 aliphatic heterocycles. The number of benzene rings is 1. The number of thiophene rings is 1. The summed E-state index contributed by atoms with van der Waals surface area (Å²) >= 11 is 4.88. The van der Waals surface area contributed by atoms with Gasteiger partial charge in [0.05, 0.1) is 22.2 Å². The van der Waals surface area contributed by atoms with Crippen LogP contribution in [0.1, 0.15) is 38.1 Å². The summed E-state index contributed by atoms with van der Waals surface area (Å²) in [5.41, 5.74) is 2.40. The molecule has 0 unspecified atom stereocenters. The molecule has 1 aromatic carbocycles. The number of halogens is 1. The highest BCUT2D eigenvalue weighted by Gasteiger charge is 2.36. The van der Waals surface area contributed by atoms with E-state index in [4.69, 9.17) is 0 Å². The monoisotopic (exact) mass is 429 g/mol. The standard InChI is InChI=1S/C19H16BrN3O2S/c1-10-3-8-15(26-10)18(25)14-9-16(24)21-19-17(14)11(2)22-23(19)13-6-4-12(20)5-7-13/h3-8,14H,9H2,1-2H3,(H,21,24)/t14-/m0/s1. The summed E-state index contributed by atoms with van der Waals surface area (Å²) in [6.45, 7) is 3.85.